The molecule has 0 saturated carbocycles. The summed E-state index contributed by atoms with van der Waals surface area (Å²) in [6.07, 6.45) is -0.624. The Morgan fingerprint density at radius 1 is 1.35 bits per heavy atom. The van der Waals surface area contributed by atoms with E-state index in [1.54, 1.807) is 7.11 Å². The first kappa shape index (κ1) is 14.0. The highest BCUT2D eigenvalue weighted by molar-refractivity contribution is 5.38. The second kappa shape index (κ2) is 6.59. The average molecular weight is 239 g/mol. The van der Waals surface area contributed by atoms with E-state index in [0.29, 0.717) is 0 Å². The number of rotatable bonds is 6. The fourth-order valence-electron chi connectivity index (χ4n) is 1.57. The van der Waals surface area contributed by atoms with E-state index >= 15 is 0 Å². The zero-order valence-corrected chi connectivity index (χ0v) is 10.6. The number of aryl methyl sites for hydroxylation is 1. The van der Waals surface area contributed by atoms with Crippen LogP contribution in [0.4, 0.5) is 0 Å². The molecule has 0 fully saturated rings. The van der Waals surface area contributed by atoms with Crippen LogP contribution >= 0.6 is 0 Å². The standard InChI is InChI=1S/C13H21NO3/c1-9-4-5-12(10(2)14)13(6-9)17-8-11(15)7-16-3/h4-6,10-11,15H,7-8,14H2,1-3H3/t10-,11?/m1/s1. The van der Waals surface area contributed by atoms with E-state index in [1.165, 1.54) is 0 Å². The molecule has 4 heteroatoms. The Morgan fingerprint density at radius 3 is 2.65 bits per heavy atom. The first-order valence-corrected chi connectivity index (χ1v) is 5.70. The largest absolute Gasteiger partial charge is 0.490 e. The lowest BCUT2D eigenvalue weighted by atomic mass is 10.1. The molecule has 3 N–H and O–H groups in total. The van der Waals surface area contributed by atoms with Gasteiger partial charge in [0.2, 0.25) is 0 Å². The Bertz CT molecular complexity index is 353. The number of aliphatic hydroxyl groups is 1. The van der Waals surface area contributed by atoms with Gasteiger partial charge in [0.1, 0.15) is 18.5 Å². The molecule has 0 spiro atoms. The second-order valence-corrected chi connectivity index (χ2v) is 4.25. The van der Waals surface area contributed by atoms with Crippen molar-refractivity contribution >= 4 is 0 Å². The molecule has 17 heavy (non-hydrogen) atoms. The third-order valence-electron chi connectivity index (χ3n) is 2.45. The molecule has 1 aromatic rings. The summed E-state index contributed by atoms with van der Waals surface area (Å²) >= 11 is 0. The Hall–Kier alpha value is -1.10. The van der Waals surface area contributed by atoms with Crippen LogP contribution in [0.15, 0.2) is 18.2 Å². The van der Waals surface area contributed by atoms with E-state index in [1.807, 2.05) is 32.0 Å². The maximum absolute atomic E-state index is 9.53. The molecule has 1 rings (SSSR count). The minimum atomic E-state index is -0.624. The first-order chi connectivity index (χ1) is 8.04. The summed E-state index contributed by atoms with van der Waals surface area (Å²) in [4.78, 5) is 0. The van der Waals surface area contributed by atoms with E-state index in [4.69, 9.17) is 15.2 Å². The minimum absolute atomic E-state index is 0.0924. The maximum Gasteiger partial charge on any atom is 0.124 e. The zero-order valence-electron chi connectivity index (χ0n) is 10.6. The topological polar surface area (TPSA) is 64.7 Å². The van der Waals surface area contributed by atoms with Gasteiger partial charge in [0.15, 0.2) is 0 Å². The van der Waals surface area contributed by atoms with Gasteiger partial charge in [0.05, 0.1) is 6.61 Å². The molecule has 96 valence electrons. The molecule has 1 unspecified atom stereocenters. The highest BCUT2D eigenvalue weighted by atomic mass is 16.5. The summed E-state index contributed by atoms with van der Waals surface area (Å²) in [6, 6.07) is 5.79. The highest BCUT2D eigenvalue weighted by Gasteiger charge is 2.10. The van der Waals surface area contributed by atoms with Gasteiger partial charge in [-0.1, -0.05) is 12.1 Å². The molecule has 0 bridgehead atoms. The summed E-state index contributed by atoms with van der Waals surface area (Å²) in [5, 5.41) is 9.53. The zero-order chi connectivity index (χ0) is 12.8. The van der Waals surface area contributed by atoms with E-state index in [0.717, 1.165) is 16.9 Å². The van der Waals surface area contributed by atoms with Gasteiger partial charge >= 0.3 is 0 Å². The predicted molar refractivity (Wildman–Crippen MR) is 67.2 cm³/mol. The minimum Gasteiger partial charge on any atom is -0.490 e. The monoisotopic (exact) mass is 239 g/mol. The van der Waals surface area contributed by atoms with E-state index in [9.17, 15) is 5.11 Å². The molecule has 0 heterocycles. The molecule has 0 aromatic heterocycles. The van der Waals surface area contributed by atoms with Crippen LogP contribution in [0, 0.1) is 6.92 Å². The van der Waals surface area contributed by atoms with Crippen LogP contribution in [0.2, 0.25) is 0 Å². The normalized spacial score (nSPS) is 14.4. The molecular formula is C13H21NO3. The summed E-state index contributed by atoms with van der Waals surface area (Å²) in [7, 11) is 1.54. The van der Waals surface area contributed by atoms with E-state index in [-0.39, 0.29) is 19.3 Å². The quantitative estimate of drug-likeness (QED) is 0.787. The smallest absolute Gasteiger partial charge is 0.124 e. The van der Waals surface area contributed by atoms with Gasteiger partial charge < -0.3 is 20.3 Å². The highest BCUT2D eigenvalue weighted by Crippen LogP contribution is 2.25. The molecule has 4 nitrogen and oxygen atoms in total. The summed E-state index contributed by atoms with van der Waals surface area (Å²) in [5.41, 5.74) is 7.91. The van der Waals surface area contributed by atoms with Crippen molar-refractivity contribution in [2.75, 3.05) is 20.3 Å². The van der Waals surface area contributed by atoms with Gasteiger partial charge in [-0.3, -0.25) is 0 Å². The molecule has 1 aromatic carbocycles. The molecule has 0 aliphatic carbocycles. The molecule has 0 radical (unpaired) electrons. The molecule has 0 amide bonds. The van der Waals surface area contributed by atoms with Crippen molar-refractivity contribution in [2.24, 2.45) is 5.73 Å². The Kier molecular flexibility index (Phi) is 5.41. The molecule has 0 aliphatic rings. The van der Waals surface area contributed by atoms with Crippen LogP contribution in [-0.2, 0) is 4.74 Å². The van der Waals surface area contributed by atoms with Crippen LogP contribution in [0.5, 0.6) is 5.75 Å². The van der Waals surface area contributed by atoms with Crippen LogP contribution < -0.4 is 10.5 Å². The van der Waals surface area contributed by atoms with Crippen molar-refractivity contribution < 1.29 is 14.6 Å². The number of nitrogens with two attached hydrogens (primary N) is 1. The number of hydrogen-bond acceptors (Lipinski definition) is 4. The van der Waals surface area contributed by atoms with Crippen molar-refractivity contribution in [1.29, 1.82) is 0 Å². The van der Waals surface area contributed by atoms with Crippen molar-refractivity contribution in [3.05, 3.63) is 29.3 Å². The SMILES string of the molecule is COCC(O)COc1cc(C)ccc1[C@@H](C)N. The Labute approximate surface area is 102 Å². The molecule has 0 aliphatic heterocycles. The number of methoxy groups -OCH3 is 1. The van der Waals surface area contributed by atoms with Crippen LogP contribution in [0.1, 0.15) is 24.1 Å². The van der Waals surface area contributed by atoms with Crippen LogP contribution in [-0.4, -0.2) is 31.5 Å². The lowest BCUT2D eigenvalue weighted by molar-refractivity contribution is 0.0322. The van der Waals surface area contributed by atoms with Crippen LogP contribution in [0.25, 0.3) is 0 Å². The number of ether oxygens (including phenoxy) is 2. The summed E-state index contributed by atoms with van der Waals surface area (Å²) < 4.78 is 10.4. The van der Waals surface area contributed by atoms with Gasteiger partial charge in [-0.15, -0.1) is 0 Å². The van der Waals surface area contributed by atoms with Crippen molar-refractivity contribution in [3.8, 4) is 5.75 Å². The van der Waals surface area contributed by atoms with Crippen LogP contribution in [0.3, 0.4) is 0 Å². The number of hydrogen-bond donors (Lipinski definition) is 2. The van der Waals surface area contributed by atoms with Gasteiger partial charge in [-0.05, 0) is 25.5 Å². The molecular weight excluding hydrogens is 218 g/mol. The number of benzene rings is 1. The Balaban J connectivity index is 2.71. The van der Waals surface area contributed by atoms with Crippen molar-refractivity contribution in [2.45, 2.75) is 26.0 Å². The fraction of sp³-hybridized carbons (Fsp3) is 0.538. The molecule has 2 atom stereocenters. The number of aliphatic hydroxyl groups excluding tert-OH is 1. The maximum atomic E-state index is 9.53. The lowest BCUT2D eigenvalue weighted by Crippen LogP contribution is -2.23. The predicted octanol–water partition coefficient (Wildman–Crippen LogP) is 1.40. The Morgan fingerprint density at radius 2 is 2.06 bits per heavy atom. The second-order valence-electron chi connectivity index (χ2n) is 4.25. The first-order valence-electron chi connectivity index (χ1n) is 5.70. The third-order valence-corrected chi connectivity index (χ3v) is 2.45. The van der Waals surface area contributed by atoms with Crippen molar-refractivity contribution in [3.63, 3.8) is 0 Å². The van der Waals surface area contributed by atoms with Gasteiger partial charge in [-0.25, -0.2) is 0 Å². The van der Waals surface area contributed by atoms with Gasteiger partial charge in [-0.2, -0.15) is 0 Å². The van der Waals surface area contributed by atoms with Gasteiger partial charge in [0, 0.05) is 18.7 Å². The summed E-state index contributed by atoms with van der Waals surface area (Å²) in [6.45, 7) is 4.36. The summed E-state index contributed by atoms with van der Waals surface area (Å²) in [5.74, 6) is 0.732. The van der Waals surface area contributed by atoms with E-state index < -0.39 is 6.10 Å². The average Bonchev–Trinajstić information content (AvgIpc) is 2.26. The third kappa shape index (κ3) is 4.34. The van der Waals surface area contributed by atoms with E-state index in [2.05, 4.69) is 0 Å². The van der Waals surface area contributed by atoms with Crippen molar-refractivity contribution in [1.82, 2.24) is 0 Å². The molecule has 0 saturated heterocycles. The fourth-order valence-corrected chi connectivity index (χ4v) is 1.57. The lowest BCUT2D eigenvalue weighted by Gasteiger charge is -2.16. The van der Waals surface area contributed by atoms with Gasteiger partial charge in [0.25, 0.3) is 0 Å².